The summed E-state index contributed by atoms with van der Waals surface area (Å²) < 4.78 is 18.5. The summed E-state index contributed by atoms with van der Waals surface area (Å²) in [6.07, 6.45) is -1.10. The van der Waals surface area contributed by atoms with Crippen molar-refractivity contribution in [3.63, 3.8) is 0 Å². The van der Waals surface area contributed by atoms with Crippen molar-refractivity contribution in [2.45, 2.75) is 51.7 Å². The molecule has 130 valence electrons. The largest absolute Gasteiger partial charge is 0.452 e. The SMILES string of the molecule is C[C@@H](OC(=O)[C@@H]1CC(=O)Nc2cc(F)ccc21)C(=O)NC(C)(C)C. The number of anilines is 1. The molecule has 0 aliphatic carbocycles. The Morgan fingerprint density at radius 2 is 2.04 bits per heavy atom. The molecule has 1 aliphatic rings. The number of hydrogen-bond donors (Lipinski definition) is 2. The summed E-state index contributed by atoms with van der Waals surface area (Å²) in [7, 11) is 0. The zero-order valence-electron chi connectivity index (χ0n) is 14.1. The minimum atomic E-state index is -0.995. The van der Waals surface area contributed by atoms with Crippen LogP contribution in [0.2, 0.25) is 0 Å². The van der Waals surface area contributed by atoms with Crippen LogP contribution in [0, 0.1) is 5.82 Å². The van der Waals surface area contributed by atoms with Crippen LogP contribution >= 0.6 is 0 Å². The Kier molecular flexibility index (Phi) is 4.91. The van der Waals surface area contributed by atoms with Gasteiger partial charge in [0.15, 0.2) is 6.10 Å². The first kappa shape index (κ1) is 17.9. The van der Waals surface area contributed by atoms with Crippen molar-refractivity contribution < 1.29 is 23.5 Å². The third-order valence-electron chi connectivity index (χ3n) is 3.50. The summed E-state index contributed by atoms with van der Waals surface area (Å²) in [5, 5.41) is 5.24. The lowest BCUT2D eigenvalue weighted by Crippen LogP contribution is -2.46. The third-order valence-corrected chi connectivity index (χ3v) is 3.50. The number of benzene rings is 1. The molecule has 0 radical (unpaired) electrons. The molecule has 1 aromatic carbocycles. The van der Waals surface area contributed by atoms with Crippen molar-refractivity contribution in [3.8, 4) is 0 Å². The summed E-state index contributed by atoms with van der Waals surface area (Å²) in [4.78, 5) is 36.1. The van der Waals surface area contributed by atoms with Crippen molar-refractivity contribution in [2.75, 3.05) is 5.32 Å². The van der Waals surface area contributed by atoms with Gasteiger partial charge in [-0.2, -0.15) is 0 Å². The maximum Gasteiger partial charge on any atom is 0.314 e. The molecular weight excluding hydrogens is 315 g/mol. The van der Waals surface area contributed by atoms with Gasteiger partial charge in [-0.15, -0.1) is 0 Å². The summed E-state index contributed by atoms with van der Waals surface area (Å²) >= 11 is 0. The van der Waals surface area contributed by atoms with Gasteiger partial charge in [-0.3, -0.25) is 14.4 Å². The number of ether oxygens (including phenoxy) is 1. The summed E-state index contributed by atoms with van der Waals surface area (Å²) in [6, 6.07) is 3.81. The van der Waals surface area contributed by atoms with Gasteiger partial charge in [0.25, 0.3) is 5.91 Å². The molecule has 24 heavy (non-hydrogen) atoms. The fraction of sp³-hybridized carbons (Fsp3) is 0.471. The molecule has 1 aromatic rings. The molecule has 0 saturated carbocycles. The number of amides is 2. The van der Waals surface area contributed by atoms with Gasteiger partial charge < -0.3 is 15.4 Å². The molecule has 0 fully saturated rings. The van der Waals surface area contributed by atoms with Crippen molar-refractivity contribution in [2.24, 2.45) is 0 Å². The smallest absolute Gasteiger partial charge is 0.314 e. The van der Waals surface area contributed by atoms with E-state index in [1.54, 1.807) is 0 Å². The number of halogens is 1. The van der Waals surface area contributed by atoms with Crippen LogP contribution in [0.4, 0.5) is 10.1 Å². The number of esters is 1. The highest BCUT2D eigenvalue weighted by Crippen LogP contribution is 2.33. The summed E-state index contributed by atoms with van der Waals surface area (Å²) in [5.41, 5.74) is 0.275. The molecule has 2 N–H and O–H groups in total. The van der Waals surface area contributed by atoms with Crippen LogP contribution in [-0.4, -0.2) is 29.4 Å². The monoisotopic (exact) mass is 336 g/mol. The first-order chi connectivity index (χ1) is 11.1. The van der Waals surface area contributed by atoms with E-state index in [-0.39, 0.29) is 12.1 Å². The molecule has 0 spiro atoms. The first-order valence-corrected chi connectivity index (χ1v) is 7.68. The van der Waals surface area contributed by atoms with E-state index in [1.807, 2.05) is 20.8 Å². The minimum Gasteiger partial charge on any atom is -0.452 e. The number of hydrogen-bond acceptors (Lipinski definition) is 4. The van der Waals surface area contributed by atoms with Crippen LogP contribution in [0.25, 0.3) is 0 Å². The topological polar surface area (TPSA) is 84.5 Å². The Hall–Kier alpha value is -2.44. The standard InChI is InChI=1S/C17H21FN2O4/c1-9(15(22)20-17(2,3)4)24-16(23)12-8-14(21)19-13-7-10(18)5-6-11(12)13/h5-7,9,12H,8H2,1-4H3,(H,19,21)(H,20,22)/t9-,12-/m1/s1. The number of rotatable bonds is 3. The number of nitrogens with one attached hydrogen (secondary N) is 2. The second-order valence-corrected chi connectivity index (χ2v) is 6.85. The molecule has 2 rings (SSSR count). The van der Waals surface area contributed by atoms with E-state index >= 15 is 0 Å². The Morgan fingerprint density at radius 1 is 1.38 bits per heavy atom. The van der Waals surface area contributed by atoms with E-state index in [0.717, 1.165) is 6.07 Å². The second-order valence-electron chi connectivity index (χ2n) is 6.85. The maximum absolute atomic E-state index is 13.3. The van der Waals surface area contributed by atoms with Gasteiger partial charge in [0.05, 0.1) is 5.92 Å². The molecular formula is C17H21FN2O4. The molecule has 6 nitrogen and oxygen atoms in total. The molecule has 0 bridgehead atoms. The maximum atomic E-state index is 13.3. The normalized spacial score (nSPS) is 18.2. The van der Waals surface area contributed by atoms with Crippen LogP contribution in [0.5, 0.6) is 0 Å². The van der Waals surface area contributed by atoms with Gasteiger partial charge in [0, 0.05) is 17.6 Å². The van der Waals surface area contributed by atoms with Crippen LogP contribution in [0.3, 0.4) is 0 Å². The third kappa shape index (κ3) is 4.31. The van der Waals surface area contributed by atoms with Crippen molar-refractivity contribution in [1.29, 1.82) is 0 Å². The van der Waals surface area contributed by atoms with E-state index in [1.165, 1.54) is 19.1 Å². The molecule has 0 aromatic heterocycles. The lowest BCUT2D eigenvalue weighted by Gasteiger charge is -2.27. The van der Waals surface area contributed by atoms with Crippen molar-refractivity contribution >= 4 is 23.5 Å². The number of carbonyl (C=O) groups excluding carboxylic acids is 3. The minimum absolute atomic E-state index is 0.106. The molecule has 1 aliphatic heterocycles. The first-order valence-electron chi connectivity index (χ1n) is 7.68. The van der Waals surface area contributed by atoms with Gasteiger partial charge in [0.1, 0.15) is 5.82 Å². The summed E-state index contributed by atoms with van der Waals surface area (Å²) in [6.45, 7) is 6.91. The van der Waals surface area contributed by atoms with Gasteiger partial charge in [-0.25, -0.2) is 4.39 Å². The molecule has 1 heterocycles. The zero-order chi connectivity index (χ0) is 18.1. The lowest BCUT2D eigenvalue weighted by atomic mass is 9.90. The predicted molar refractivity (Wildman–Crippen MR) is 85.8 cm³/mol. The highest BCUT2D eigenvalue weighted by Gasteiger charge is 2.34. The van der Waals surface area contributed by atoms with Gasteiger partial charge in [-0.05, 0) is 45.4 Å². The van der Waals surface area contributed by atoms with Crippen LogP contribution in [0.15, 0.2) is 18.2 Å². The Bertz CT molecular complexity index is 682. The average Bonchev–Trinajstić information content (AvgIpc) is 2.43. The summed E-state index contributed by atoms with van der Waals surface area (Å²) in [5.74, 6) is -2.88. The highest BCUT2D eigenvalue weighted by atomic mass is 19.1. The Labute approximate surface area is 139 Å². The lowest BCUT2D eigenvalue weighted by molar-refractivity contribution is -0.157. The van der Waals surface area contributed by atoms with E-state index in [9.17, 15) is 18.8 Å². The van der Waals surface area contributed by atoms with E-state index in [0.29, 0.717) is 5.56 Å². The van der Waals surface area contributed by atoms with Crippen LogP contribution < -0.4 is 10.6 Å². The zero-order valence-corrected chi connectivity index (χ0v) is 14.1. The Morgan fingerprint density at radius 3 is 2.67 bits per heavy atom. The quantitative estimate of drug-likeness (QED) is 0.828. The van der Waals surface area contributed by atoms with E-state index in [4.69, 9.17) is 4.74 Å². The molecule has 2 amide bonds. The predicted octanol–water partition coefficient (Wildman–Crippen LogP) is 2.10. The number of carbonyl (C=O) groups is 3. The van der Waals surface area contributed by atoms with Gasteiger partial charge >= 0.3 is 5.97 Å². The molecule has 0 unspecified atom stereocenters. The van der Waals surface area contributed by atoms with Crippen molar-refractivity contribution in [1.82, 2.24) is 5.32 Å². The highest BCUT2D eigenvalue weighted by molar-refractivity contribution is 6.00. The fourth-order valence-electron chi connectivity index (χ4n) is 2.43. The van der Waals surface area contributed by atoms with E-state index < -0.39 is 41.2 Å². The molecule has 7 heteroatoms. The second kappa shape index (κ2) is 6.59. The van der Waals surface area contributed by atoms with Gasteiger partial charge in [-0.1, -0.05) is 6.07 Å². The fourth-order valence-corrected chi connectivity index (χ4v) is 2.43. The molecule has 2 atom stereocenters. The van der Waals surface area contributed by atoms with Crippen LogP contribution in [-0.2, 0) is 19.1 Å². The number of fused-ring (bicyclic) bond motifs is 1. The van der Waals surface area contributed by atoms with Gasteiger partial charge in [0.2, 0.25) is 5.91 Å². The van der Waals surface area contributed by atoms with E-state index in [2.05, 4.69) is 10.6 Å². The Balaban J connectivity index is 2.13. The molecule has 0 saturated heterocycles. The average molecular weight is 336 g/mol. The van der Waals surface area contributed by atoms with Crippen LogP contribution in [0.1, 0.15) is 45.6 Å². The van der Waals surface area contributed by atoms with Crippen molar-refractivity contribution in [3.05, 3.63) is 29.6 Å².